The lowest BCUT2D eigenvalue weighted by atomic mass is 10.2. The van der Waals surface area contributed by atoms with Crippen molar-refractivity contribution in [2.24, 2.45) is 0 Å². The van der Waals surface area contributed by atoms with E-state index in [0.29, 0.717) is 25.5 Å². The van der Waals surface area contributed by atoms with Gasteiger partial charge in [-0.15, -0.1) is 0 Å². The number of carbonyl (C=O) groups is 1. The average molecular weight is 278 g/mol. The Hall–Kier alpha value is -1.59. The average Bonchev–Trinajstić information content (AvgIpc) is 2.41. The van der Waals surface area contributed by atoms with Crippen molar-refractivity contribution >= 4 is 11.6 Å². The van der Waals surface area contributed by atoms with Gasteiger partial charge in [0.05, 0.1) is 31.5 Å². The number of morpholine rings is 1. The predicted molar refractivity (Wildman–Crippen MR) is 78.1 cm³/mol. The summed E-state index contributed by atoms with van der Waals surface area (Å²) in [5.41, 5.74) is 0.722. The Balaban J connectivity index is 1.93. The molecule has 0 spiro atoms. The summed E-state index contributed by atoms with van der Waals surface area (Å²) < 4.78 is 11.0. The Kier molecular flexibility index (Phi) is 5.38. The maximum absolute atomic E-state index is 12.1. The molecule has 0 radical (unpaired) electrons. The summed E-state index contributed by atoms with van der Waals surface area (Å²) in [6.45, 7) is 7.31. The van der Waals surface area contributed by atoms with E-state index in [2.05, 4.69) is 10.2 Å². The third kappa shape index (κ3) is 4.51. The molecule has 1 fully saturated rings. The minimum atomic E-state index is -0.0216. The highest BCUT2D eigenvalue weighted by Crippen LogP contribution is 2.24. The number of benzene rings is 1. The van der Waals surface area contributed by atoms with Gasteiger partial charge in [-0.05, 0) is 26.0 Å². The van der Waals surface area contributed by atoms with Gasteiger partial charge in [0.15, 0.2) is 0 Å². The van der Waals surface area contributed by atoms with E-state index < -0.39 is 0 Å². The van der Waals surface area contributed by atoms with Gasteiger partial charge in [0.25, 0.3) is 0 Å². The summed E-state index contributed by atoms with van der Waals surface area (Å²) in [4.78, 5) is 14.2. The predicted octanol–water partition coefficient (Wildman–Crippen LogP) is 1.74. The van der Waals surface area contributed by atoms with Crippen molar-refractivity contribution in [2.45, 2.75) is 20.0 Å². The van der Waals surface area contributed by atoms with E-state index in [1.165, 1.54) is 0 Å². The van der Waals surface area contributed by atoms with Gasteiger partial charge in [-0.1, -0.05) is 12.1 Å². The van der Waals surface area contributed by atoms with Crippen molar-refractivity contribution in [3.05, 3.63) is 24.3 Å². The summed E-state index contributed by atoms with van der Waals surface area (Å²) in [7, 11) is 0. The van der Waals surface area contributed by atoms with E-state index in [1.807, 2.05) is 38.1 Å². The van der Waals surface area contributed by atoms with Crippen LogP contribution in [0.3, 0.4) is 0 Å². The molecular formula is C15H22N2O3. The molecule has 0 unspecified atom stereocenters. The van der Waals surface area contributed by atoms with Gasteiger partial charge in [-0.25, -0.2) is 0 Å². The molecule has 1 aromatic rings. The third-order valence-corrected chi connectivity index (χ3v) is 2.99. The maximum atomic E-state index is 12.1. The van der Waals surface area contributed by atoms with Gasteiger partial charge >= 0.3 is 0 Å². The number of ether oxygens (including phenoxy) is 2. The first kappa shape index (κ1) is 14.8. The zero-order valence-corrected chi connectivity index (χ0v) is 12.1. The van der Waals surface area contributed by atoms with E-state index in [1.54, 1.807) is 0 Å². The lowest BCUT2D eigenvalue weighted by Crippen LogP contribution is -2.41. The zero-order chi connectivity index (χ0) is 14.4. The van der Waals surface area contributed by atoms with Gasteiger partial charge in [-0.2, -0.15) is 0 Å². The van der Waals surface area contributed by atoms with E-state index in [9.17, 15) is 4.79 Å². The van der Waals surface area contributed by atoms with Crippen molar-refractivity contribution in [2.75, 3.05) is 38.2 Å². The molecule has 1 N–H and O–H groups in total. The van der Waals surface area contributed by atoms with Gasteiger partial charge in [0.1, 0.15) is 5.75 Å². The first-order valence-electron chi connectivity index (χ1n) is 7.01. The van der Waals surface area contributed by atoms with Crippen molar-refractivity contribution in [1.82, 2.24) is 4.90 Å². The number of hydrogen-bond acceptors (Lipinski definition) is 4. The molecule has 5 nitrogen and oxygen atoms in total. The van der Waals surface area contributed by atoms with Gasteiger partial charge in [-0.3, -0.25) is 9.69 Å². The largest absolute Gasteiger partial charge is 0.489 e. The Morgan fingerprint density at radius 2 is 2.05 bits per heavy atom. The minimum Gasteiger partial charge on any atom is -0.489 e. The molecule has 1 saturated heterocycles. The van der Waals surface area contributed by atoms with Crippen LogP contribution in [0.4, 0.5) is 5.69 Å². The molecule has 5 heteroatoms. The lowest BCUT2D eigenvalue weighted by molar-refractivity contribution is -0.118. The molecule has 20 heavy (non-hydrogen) atoms. The summed E-state index contributed by atoms with van der Waals surface area (Å²) >= 11 is 0. The number of para-hydroxylation sites is 2. The van der Waals surface area contributed by atoms with Crippen LogP contribution in [0.1, 0.15) is 13.8 Å². The number of nitrogens with one attached hydrogen (secondary N) is 1. The molecule has 0 bridgehead atoms. The van der Waals surface area contributed by atoms with Gasteiger partial charge < -0.3 is 14.8 Å². The fourth-order valence-electron chi connectivity index (χ4n) is 2.08. The SMILES string of the molecule is CC(C)Oc1ccccc1NC(=O)CN1CCOCC1. The zero-order valence-electron chi connectivity index (χ0n) is 12.1. The normalized spacial score (nSPS) is 16.1. The molecule has 0 aliphatic carbocycles. The van der Waals surface area contributed by atoms with Crippen molar-refractivity contribution < 1.29 is 14.3 Å². The summed E-state index contributed by atoms with van der Waals surface area (Å²) in [6.07, 6.45) is 0.0762. The van der Waals surface area contributed by atoms with Crippen molar-refractivity contribution in [3.8, 4) is 5.75 Å². The van der Waals surface area contributed by atoms with Crippen LogP contribution in [0.15, 0.2) is 24.3 Å². The number of amides is 1. The summed E-state index contributed by atoms with van der Waals surface area (Å²) in [5, 5.41) is 2.92. The van der Waals surface area contributed by atoms with Crippen LogP contribution in [-0.4, -0.2) is 49.8 Å². The quantitative estimate of drug-likeness (QED) is 0.891. The Labute approximate surface area is 119 Å². The molecule has 1 amide bonds. The van der Waals surface area contributed by atoms with Crippen LogP contribution in [0, 0.1) is 0 Å². The second-order valence-electron chi connectivity index (χ2n) is 5.10. The first-order chi connectivity index (χ1) is 9.65. The van der Waals surface area contributed by atoms with Gasteiger partial charge in [0.2, 0.25) is 5.91 Å². The Morgan fingerprint density at radius 1 is 1.35 bits per heavy atom. The third-order valence-electron chi connectivity index (χ3n) is 2.99. The van der Waals surface area contributed by atoms with Crippen molar-refractivity contribution in [1.29, 1.82) is 0 Å². The van der Waals surface area contributed by atoms with E-state index in [-0.39, 0.29) is 12.0 Å². The second kappa shape index (κ2) is 7.26. The maximum Gasteiger partial charge on any atom is 0.238 e. The number of carbonyl (C=O) groups excluding carboxylic acids is 1. The monoisotopic (exact) mass is 278 g/mol. The molecule has 1 heterocycles. The molecular weight excluding hydrogens is 256 g/mol. The van der Waals surface area contributed by atoms with E-state index >= 15 is 0 Å². The molecule has 110 valence electrons. The minimum absolute atomic E-state index is 0.0216. The molecule has 1 aliphatic heterocycles. The van der Waals surface area contributed by atoms with Crippen LogP contribution in [0.2, 0.25) is 0 Å². The Morgan fingerprint density at radius 3 is 2.75 bits per heavy atom. The number of anilines is 1. The van der Waals surface area contributed by atoms with E-state index in [0.717, 1.165) is 18.8 Å². The first-order valence-corrected chi connectivity index (χ1v) is 7.01. The number of rotatable bonds is 5. The number of hydrogen-bond donors (Lipinski definition) is 1. The lowest BCUT2D eigenvalue weighted by Gasteiger charge is -2.26. The number of nitrogens with zero attached hydrogens (tertiary/aromatic N) is 1. The highest BCUT2D eigenvalue weighted by atomic mass is 16.5. The molecule has 1 aliphatic rings. The van der Waals surface area contributed by atoms with Crippen molar-refractivity contribution in [3.63, 3.8) is 0 Å². The smallest absolute Gasteiger partial charge is 0.238 e. The van der Waals surface area contributed by atoms with Crippen LogP contribution in [0.5, 0.6) is 5.75 Å². The summed E-state index contributed by atoms with van der Waals surface area (Å²) in [6, 6.07) is 7.51. The fraction of sp³-hybridized carbons (Fsp3) is 0.533. The standard InChI is InChI=1S/C15H22N2O3/c1-12(2)20-14-6-4-3-5-13(14)16-15(18)11-17-7-9-19-10-8-17/h3-6,12H,7-11H2,1-2H3,(H,16,18). The summed E-state index contributed by atoms with van der Waals surface area (Å²) in [5.74, 6) is 0.685. The highest BCUT2D eigenvalue weighted by molar-refractivity contribution is 5.93. The molecule has 0 saturated carbocycles. The van der Waals surface area contributed by atoms with Crippen LogP contribution in [-0.2, 0) is 9.53 Å². The topological polar surface area (TPSA) is 50.8 Å². The highest BCUT2D eigenvalue weighted by Gasteiger charge is 2.15. The Bertz CT molecular complexity index is 442. The van der Waals surface area contributed by atoms with Crippen LogP contribution < -0.4 is 10.1 Å². The fourth-order valence-corrected chi connectivity index (χ4v) is 2.08. The molecule has 0 atom stereocenters. The second-order valence-corrected chi connectivity index (χ2v) is 5.10. The van der Waals surface area contributed by atoms with Crippen LogP contribution >= 0.6 is 0 Å². The molecule has 1 aromatic carbocycles. The molecule has 2 rings (SSSR count). The van der Waals surface area contributed by atoms with Crippen LogP contribution in [0.25, 0.3) is 0 Å². The molecule has 0 aromatic heterocycles. The van der Waals surface area contributed by atoms with E-state index in [4.69, 9.17) is 9.47 Å². The van der Waals surface area contributed by atoms with Gasteiger partial charge in [0, 0.05) is 13.1 Å².